The number of aromatic nitrogens is 6. The molecule has 0 spiro atoms. The molecular formula is C24H30N8S. The van der Waals surface area contributed by atoms with Crippen molar-refractivity contribution in [2.45, 2.75) is 54.3 Å². The molecule has 0 atom stereocenters. The molecule has 9 heteroatoms. The second kappa shape index (κ2) is 9.58. The van der Waals surface area contributed by atoms with Crippen molar-refractivity contribution in [2.75, 3.05) is 10.6 Å². The van der Waals surface area contributed by atoms with E-state index in [0.717, 1.165) is 47.1 Å². The maximum absolute atomic E-state index is 5.56. The summed E-state index contributed by atoms with van der Waals surface area (Å²) in [5.74, 6) is 0. The normalized spacial score (nSPS) is 11.1. The number of nitrogens with one attached hydrogen (secondary N) is 2. The number of nitrogens with zero attached hydrogens (tertiary/aromatic N) is 6. The molecule has 0 amide bonds. The molecule has 0 unspecified atom stereocenters. The van der Waals surface area contributed by atoms with Gasteiger partial charge in [-0.05, 0) is 52.4 Å². The number of hydrogen-bond donors (Lipinski definition) is 2. The quantitative estimate of drug-likeness (QED) is 0.396. The van der Waals surface area contributed by atoms with Gasteiger partial charge in [-0.2, -0.15) is 15.3 Å². The van der Waals surface area contributed by atoms with Gasteiger partial charge in [0.25, 0.3) is 0 Å². The van der Waals surface area contributed by atoms with Gasteiger partial charge in [-0.25, -0.2) is 0 Å². The molecule has 2 N–H and O–H groups in total. The summed E-state index contributed by atoms with van der Waals surface area (Å²) in [4.78, 5) is 0. The molecule has 33 heavy (non-hydrogen) atoms. The molecule has 0 radical (unpaired) electrons. The van der Waals surface area contributed by atoms with Crippen molar-refractivity contribution < 1.29 is 0 Å². The highest BCUT2D eigenvalue weighted by Crippen LogP contribution is 2.21. The largest absolute Gasteiger partial charge is 0.330 e. The summed E-state index contributed by atoms with van der Waals surface area (Å²) in [7, 11) is 0. The number of hydrogen-bond acceptors (Lipinski definition) is 4. The summed E-state index contributed by atoms with van der Waals surface area (Å²) in [6.07, 6.45) is 5.62. The van der Waals surface area contributed by atoms with Crippen LogP contribution in [0.5, 0.6) is 0 Å². The van der Waals surface area contributed by atoms with Crippen LogP contribution in [-0.2, 0) is 19.6 Å². The molecule has 0 saturated heterocycles. The van der Waals surface area contributed by atoms with Crippen molar-refractivity contribution in [3.8, 4) is 0 Å². The highest BCUT2D eigenvalue weighted by molar-refractivity contribution is 7.80. The van der Waals surface area contributed by atoms with E-state index in [1.54, 1.807) is 6.20 Å². The average molecular weight is 463 g/mol. The van der Waals surface area contributed by atoms with Crippen molar-refractivity contribution in [1.29, 1.82) is 0 Å². The fraction of sp³-hybridized carbons (Fsp3) is 0.333. The molecule has 8 nitrogen and oxygen atoms in total. The zero-order valence-corrected chi connectivity index (χ0v) is 20.6. The van der Waals surface area contributed by atoms with Gasteiger partial charge in [0.2, 0.25) is 0 Å². The van der Waals surface area contributed by atoms with Crippen molar-refractivity contribution in [1.82, 2.24) is 29.3 Å². The summed E-state index contributed by atoms with van der Waals surface area (Å²) in [6.45, 7) is 12.5. The van der Waals surface area contributed by atoms with Crippen LogP contribution in [0.25, 0.3) is 0 Å². The van der Waals surface area contributed by atoms with E-state index >= 15 is 0 Å². The fourth-order valence-electron chi connectivity index (χ4n) is 3.82. The predicted molar refractivity (Wildman–Crippen MR) is 136 cm³/mol. The van der Waals surface area contributed by atoms with Gasteiger partial charge in [-0.1, -0.05) is 29.8 Å². The molecule has 0 aliphatic heterocycles. The minimum Gasteiger partial charge on any atom is -0.330 e. The van der Waals surface area contributed by atoms with E-state index in [9.17, 15) is 0 Å². The second-order valence-corrected chi connectivity index (χ2v) is 8.67. The number of anilines is 2. The predicted octanol–water partition coefficient (Wildman–Crippen LogP) is 4.44. The first-order valence-corrected chi connectivity index (χ1v) is 11.5. The zero-order valence-electron chi connectivity index (χ0n) is 19.8. The van der Waals surface area contributed by atoms with Gasteiger partial charge >= 0.3 is 0 Å². The van der Waals surface area contributed by atoms with Crippen LogP contribution in [-0.4, -0.2) is 34.5 Å². The maximum atomic E-state index is 5.56. The molecule has 1 aromatic carbocycles. The summed E-state index contributed by atoms with van der Waals surface area (Å²) >= 11 is 5.56. The number of aryl methyl sites for hydroxylation is 3. The molecular weight excluding hydrogens is 432 g/mol. The highest BCUT2D eigenvalue weighted by Gasteiger charge is 2.14. The van der Waals surface area contributed by atoms with Crippen LogP contribution in [0.2, 0.25) is 0 Å². The van der Waals surface area contributed by atoms with Crippen LogP contribution in [0.15, 0.2) is 42.9 Å². The average Bonchev–Trinajstić information content (AvgIpc) is 3.45. The van der Waals surface area contributed by atoms with E-state index in [1.807, 2.05) is 33.4 Å². The van der Waals surface area contributed by atoms with Gasteiger partial charge in [0, 0.05) is 24.0 Å². The molecule has 3 aromatic heterocycles. The van der Waals surface area contributed by atoms with Gasteiger partial charge < -0.3 is 10.6 Å². The van der Waals surface area contributed by atoms with Crippen LogP contribution in [0, 0.1) is 27.7 Å². The maximum Gasteiger partial charge on any atom is 0.175 e. The van der Waals surface area contributed by atoms with E-state index in [1.165, 1.54) is 11.1 Å². The van der Waals surface area contributed by atoms with Crippen LogP contribution in [0.3, 0.4) is 0 Å². The summed E-state index contributed by atoms with van der Waals surface area (Å²) in [5, 5.41) is 20.6. The Morgan fingerprint density at radius 3 is 2.36 bits per heavy atom. The Morgan fingerprint density at radius 1 is 0.909 bits per heavy atom. The Morgan fingerprint density at radius 2 is 1.67 bits per heavy atom. The first-order valence-electron chi connectivity index (χ1n) is 11.0. The topological polar surface area (TPSA) is 77.5 Å². The van der Waals surface area contributed by atoms with Crippen LogP contribution < -0.4 is 10.6 Å². The molecule has 0 saturated carbocycles. The smallest absolute Gasteiger partial charge is 0.175 e. The number of rotatable bonds is 7. The monoisotopic (exact) mass is 462 g/mol. The minimum atomic E-state index is 0.505. The zero-order chi connectivity index (χ0) is 23.5. The van der Waals surface area contributed by atoms with Gasteiger partial charge in [-0.15, -0.1) is 0 Å². The molecule has 4 rings (SSSR count). The molecule has 172 valence electrons. The van der Waals surface area contributed by atoms with Crippen molar-refractivity contribution in [3.05, 3.63) is 76.6 Å². The first-order chi connectivity index (χ1) is 15.8. The lowest BCUT2D eigenvalue weighted by molar-refractivity contribution is 0.633. The van der Waals surface area contributed by atoms with E-state index in [4.69, 9.17) is 17.3 Å². The summed E-state index contributed by atoms with van der Waals surface area (Å²) in [6, 6.07) is 8.52. The van der Waals surface area contributed by atoms with Crippen molar-refractivity contribution >= 4 is 28.7 Å². The molecule has 3 heterocycles. The SMILES string of the molecule is CCn1ncc(Cn2cc(NC(=S)Nc3c(C)nn(Cc4ccc(C)cc4)c3C)cn2)c1C. The Kier molecular flexibility index (Phi) is 6.60. The first kappa shape index (κ1) is 22.7. The van der Waals surface area contributed by atoms with Crippen LogP contribution >= 0.6 is 12.2 Å². The third-order valence-corrected chi connectivity index (χ3v) is 6.00. The summed E-state index contributed by atoms with van der Waals surface area (Å²) in [5.41, 5.74) is 8.47. The molecule has 0 aliphatic carbocycles. The lowest BCUT2D eigenvalue weighted by Gasteiger charge is -2.10. The fourth-order valence-corrected chi connectivity index (χ4v) is 4.04. The summed E-state index contributed by atoms with van der Waals surface area (Å²) < 4.78 is 5.87. The van der Waals surface area contributed by atoms with Gasteiger partial charge in [0.15, 0.2) is 5.11 Å². The molecule has 0 bridgehead atoms. The van der Waals surface area contributed by atoms with Crippen molar-refractivity contribution in [2.24, 2.45) is 0 Å². The lowest BCUT2D eigenvalue weighted by Crippen LogP contribution is -2.19. The molecule has 0 aliphatic rings. The Hall–Kier alpha value is -3.46. The van der Waals surface area contributed by atoms with E-state index in [-0.39, 0.29) is 0 Å². The minimum absolute atomic E-state index is 0.505. The number of benzene rings is 1. The molecule has 4 aromatic rings. The van der Waals surface area contributed by atoms with Gasteiger partial charge in [-0.3, -0.25) is 14.0 Å². The second-order valence-electron chi connectivity index (χ2n) is 8.27. The van der Waals surface area contributed by atoms with Gasteiger partial charge in [0.1, 0.15) is 0 Å². The lowest BCUT2D eigenvalue weighted by atomic mass is 10.1. The Bertz CT molecular complexity index is 1260. The molecule has 0 fully saturated rings. The van der Waals surface area contributed by atoms with E-state index < -0.39 is 0 Å². The van der Waals surface area contributed by atoms with Crippen LogP contribution in [0.1, 0.15) is 40.7 Å². The number of thiocarbonyl (C=S) groups is 1. The highest BCUT2D eigenvalue weighted by atomic mass is 32.1. The van der Waals surface area contributed by atoms with E-state index in [0.29, 0.717) is 11.7 Å². The third kappa shape index (κ3) is 5.14. The standard InChI is InChI=1S/C24H30N8S/c1-6-31-18(4)21(11-26-31)14-30-15-22(12-25-30)27-24(33)28-23-17(3)29-32(19(23)5)13-20-9-7-16(2)8-10-20/h7-12,15H,6,13-14H2,1-5H3,(H2,27,28,33). The van der Waals surface area contributed by atoms with Crippen LogP contribution in [0.4, 0.5) is 11.4 Å². The van der Waals surface area contributed by atoms with Gasteiger partial charge in [0.05, 0.1) is 48.2 Å². The van der Waals surface area contributed by atoms with E-state index in [2.05, 4.69) is 72.8 Å². The van der Waals surface area contributed by atoms with Crippen molar-refractivity contribution in [3.63, 3.8) is 0 Å². The Balaban J connectivity index is 1.39. The Labute approximate surface area is 199 Å². The third-order valence-electron chi connectivity index (χ3n) is 5.80.